The number of benzene rings is 3. The lowest BCUT2D eigenvalue weighted by atomic mass is 10.1. The average molecular weight is 447 g/mol. The van der Waals surface area contributed by atoms with E-state index in [1.165, 1.54) is 0 Å². The summed E-state index contributed by atoms with van der Waals surface area (Å²) in [5.41, 5.74) is 3.26. The van der Waals surface area contributed by atoms with E-state index in [0.29, 0.717) is 18.7 Å². The molecule has 0 N–H and O–H groups in total. The number of nitrogens with zero attached hydrogens (tertiary/aromatic N) is 2. The van der Waals surface area contributed by atoms with Crippen LogP contribution in [0, 0.1) is 6.92 Å². The van der Waals surface area contributed by atoms with Gasteiger partial charge in [0.05, 0.1) is 0 Å². The van der Waals surface area contributed by atoms with Crippen LogP contribution in [0.1, 0.15) is 42.2 Å². The van der Waals surface area contributed by atoms with Crippen molar-refractivity contribution in [2.24, 2.45) is 0 Å². The van der Waals surface area contributed by atoms with Crippen molar-refractivity contribution in [2.75, 3.05) is 27.7 Å². The summed E-state index contributed by atoms with van der Waals surface area (Å²) in [4.78, 5) is 16.5. The van der Waals surface area contributed by atoms with Crippen LogP contribution in [0.15, 0.2) is 78.9 Å². The molecule has 0 aliphatic heterocycles. The third kappa shape index (κ3) is 6.83. The zero-order valence-electron chi connectivity index (χ0n) is 20.2. The highest BCUT2D eigenvalue weighted by Crippen LogP contribution is 2.28. The monoisotopic (exact) mass is 446 g/mol. The molecule has 0 bridgehead atoms. The predicted octanol–water partition coefficient (Wildman–Crippen LogP) is 6.26. The maximum atomic E-state index is 12.7. The number of rotatable bonds is 9. The molecule has 1 amide bonds. The minimum absolute atomic E-state index is 0.174. The van der Waals surface area contributed by atoms with Gasteiger partial charge in [0.25, 0.3) is 0 Å². The summed E-state index contributed by atoms with van der Waals surface area (Å²) < 4.78 is 12.0. The van der Waals surface area contributed by atoms with Crippen LogP contribution in [0.3, 0.4) is 0 Å². The molecular formula is C28H34N2O3. The molecule has 0 saturated heterocycles. The van der Waals surface area contributed by atoms with Gasteiger partial charge in [-0.05, 0) is 62.8 Å². The fraction of sp³-hybridized carbons (Fsp3) is 0.321. The molecule has 3 rings (SSSR count). The lowest BCUT2D eigenvalue weighted by molar-refractivity contribution is 0.145. The van der Waals surface area contributed by atoms with Crippen molar-refractivity contribution in [1.82, 2.24) is 9.80 Å². The summed E-state index contributed by atoms with van der Waals surface area (Å²) in [5.74, 6) is 1.40. The molecule has 33 heavy (non-hydrogen) atoms. The lowest BCUT2D eigenvalue weighted by Gasteiger charge is -2.24. The molecule has 0 heterocycles. The van der Waals surface area contributed by atoms with Crippen LogP contribution in [0.4, 0.5) is 4.79 Å². The second-order valence-corrected chi connectivity index (χ2v) is 8.57. The molecule has 2 atom stereocenters. The Labute approximate surface area is 197 Å². The molecule has 0 spiro atoms. The largest absolute Gasteiger partial charge is 0.485 e. The van der Waals surface area contributed by atoms with Crippen LogP contribution in [-0.4, -0.2) is 43.6 Å². The fourth-order valence-corrected chi connectivity index (χ4v) is 3.52. The van der Waals surface area contributed by atoms with Crippen molar-refractivity contribution in [3.63, 3.8) is 0 Å². The Morgan fingerprint density at radius 3 is 2.24 bits per heavy atom. The van der Waals surface area contributed by atoms with Gasteiger partial charge in [-0.1, -0.05) is 60.7 Å². The molecule has 5 heteroatoms. The van der Waals surface area contributed by atoms with Gasteiger partial charge in [0.2, 0.25) is 0 Å². The third-order valence-electron chi connectivity index (χ3n) is 5.89. The van der Waals surface area contributed by atoms with Crippen molar-refractivity contribution >= 4 is 6.09 Å². The van der Waals surface area contributed by atoms with Gasteiger partial charge < -0.3 is 19.3 Å². The second-order valence-electron chi connectivity index (χ2n) is 8.57. The van der Waals surface area contributed by atoms with E-state index in [2.05, 4.69) is 24.0 Å². The van der Waals surface area contributed by atoms with Crippen LogP contribution >= 0.6 is 0 Å². The topological polar surface area (TPSA) is 42.0 Å². The number of carbonyl (C=O) groups is 1. The first-order valence-electron chi connectivity index (χ1n) is 11.3. The molecule has 0 radical (unpaired) electrons. The van der Waals surface area contributed by atoms with Crippen LogP contribution < -0.4 is 9.47 Å². The lowest BCUT2D eigenvalue weighted by Crippen LogP contribution is -2.32. The summed E-state index contributed by atoms with van der Waals surface area (Å²) >= 11 is 0. The van der Waals surface area contributed by atoms with E-state index in [0.717, 1.165) is 22.4 Å². The molecule has 0 aromatic heterocycles. The van der Waals surface area contributed by atoms with E-state index in [1.807, 2.05) is 87.7 Å². The van der Waals surface area contributed by atoms with Gasteiger partial charge in [0, 0.05) is 26.1 Å². The Morgan fingerprint density at radius 1 is 0.879 bits per heavy atom. The molecule has 0 aliphatic carbocycles. The third-order valence-corrected chi connectivity index (χ3v) is 5.89. The molecule has 0 fully saturated rings. The number of carbonyl (C=O) groups excluding carboxylic acids is 1. The minimum atomic E-state index is -0.382. The number of para-hydroxylation sites is 1. The number of ether oxygens (including phenoxy) is 2. The normalized spacial score (nSPS) is 12.8. The van der Waals surface area contributed by atoms with Crippen molar-refractivity contribution in [2.45, 2.75) is 32.4 Å². The van der Waals surface area contributed by atoms with Crippen LogP contribution in [0.5, 0.6) is 11.5 Å². The van der Waals surface area contributed by atoms with Gasteiger partial charge in [-0.3, -0.25) is 0 Å². The van der Waals surface area contributed by atoms with Crippen molar-refractivity contribution < 1.29 is 14.3 Å². The van der Waals surface area contributed by atoms with E-state index in [1.54, 1.807) is 11.9 Å². The van der Waals surface area contributed by atoms with E-state index in [4.69, 9.17) is 9.47 Å². The van der Waals surface area contributed by atoms with E-state index in [9.17, 15) is 4.79 Å². The molecule has 3 aromatic rings. The smallest absolute Gasteiger partial charge is 0.414 e. The average Bonchev–Trinajstić information content (AvgIpc) is 2.82. The van der Waals surface area contributed by atoms with Crippen molar-refractivity contribution in [3.8, 4) is 11.5 Å². The SMILES string of the molecule is Cc1ccccc1OC(CCN(C)C(=O)Oc1cccc(C(C)N(C)C)c1)c1ccccc1. The fourth-order valence-electron chi connectivity index (χ4n) is 3.52. The Morgan fingerprint density at radius 2 is 1.55 bits per heavy atom. The number of aryl methyl sites for hydroxylation is 1. The van der Waals surface area contributed by atoms with Gasteiger partial charge in [-0.2, -0.15) is 0 Å². The quantitative estimate of drug-likeness (QED) is 0.389. The van der Waals surface area contributed by atoms with Crippen molar-refractivity contribution in [3.05, 3.63) is 95.6 Å². The highest BCUT2D eigenvalue weighted by molar-refractivity contribution is 5.70. The van der Waals surface area contributed by atoms with Gasteiger partial charge in [0.1, 0.15) is 17.6 Å². The minimum Gasteiger partial charge on any atom is -0.485 e. The summed E-state index contributed by atoms with van der Waals surface area (Å²) in [6.07, 6.45) is 0.0842. The Hall–Kier alpha value is -3.31. The highest BCUT2D eigenvalue weighted by atomic mass is 16.6. The maximum absolute atomic E-state index is 12.7. The Balaban J connectivity index is 1.65. The molecule has 3 aromatic carbocycles. The molecule has 2 unspecified atom stereocenters. The first-order chi connectivity index (χ1) is 15.8. The first kappa shape index (κ1) is 24.3. The van der Waals surface area contributed by atoms with Gasteiger partial charge >= 0.3 is 6.09 Å². The standard InChI is InChI=1S/C28H34N2O3/c1-21-12-9-10-17-26(21)33-27(23-13-7-6-8-14-23)18-19-30(5)28(31)32-25-16-11-15-24(20-25)22(2)29(3)4/h6-17,20,22,27H,18-19H2,1-5H3. The Bertz CT molecular complexity index is 1040. The molecule has 5 nitrogen and oxygen atoms in total. The first-order valence-corrected chi connectivity index (χ1v) is 11.3. The van der Waals surface area contributed by atoms with Gasteiger partial charge in [0.15, 0.2) is 0 Å². The second kappa shape index (κ2) is 11.5. The van der Waals surface area contributed by atoms with Gasteiger partial charge in [-0.25, -0.2) is 4.79 Å². The van der Waals surface area contributed by atoms with E-state index in [-0.39, 0.29) is 18.2 Å². The Kier molecular flexibility index (Phi) is 8.50. The molecular weight excluding hydrogens is 412 g/mol. The highest BCUT2D eigenvalue weighted by Gasteiger charge is 2.19. The van der Waals surface area contributed by atoms with E-state index >= 15 is 0 Å². The maximum Gasteiger partial charge on any atom is 0.414 e. The van der Waals surface area contributed by atoms with Crippen LogP contribution in [0.25, 0.3) is 0 Å². The number of amides is 1. The van der Waals surface area contributed by atoms with Crippen molar-refractivity contribution in [1.29, 1.82) is 0 Å². The zero-order chi connectivity index (χ0) is 23.8. The van der Waals surface area contributed by atoms with E-state index < -0.39 is 0 Å². The summed E-state index contributed by atoms with van der Waals surface area (Å²) in [5, 5.41) is 0. The zero-order valence-corrected chi connectivity index (χ0v) is 20.2. The predicted molar refractivity (Wildman–Crippen MR) is 133 cm³/mol. The summed E-state index contributed by atoms with van der Waals surface area (Å²) in [6, 6.07) is 26.0. The molecule has 174 valence electrons. The summed E-state index contributed by atoms with van der Waals surface area (Å²) in [7, 11) is 5.81. The van der Waals surface area contributed by atoms with Crippen LogP contribution in [-0.2, 0) is 0 Å². The molecule has 0 aliphatic rings. The summed E-state index contributed by atoms with van der Waals surface area (Å²) in [6.45, 7) is 4.65. The number of hydrogen-bond acceptors (Lipinski definition) is 4. The van der Waals surface area contributed by atoms with Crippen LogP contribution in [0.2, 0.25) is 0 Å². The number of hydrogen-bond donors (Lipinski definition) is 0. The molecule has 0 saturated carbocycles. The van der Waals surface area contributed by atoms with Gasteiger partial charge in [-0.15, -0.1) is 0 Å².